The number of benzene rings is 1. The third kappa shape index (κ3) is 4.36. The molecule has 0 saturated heterocycles. The van der Waals surface area contributed by atoms with Crippen molar-refractivity contribution in [2.24, 2.45) is 0 Å². The summed E-state index contributed by atoms with van der Waals surface area (Å²) in [4.78, 5) is 22.2. The lowest BCUT2D eigenvalue weighted by Gasteiger charge is -2.00. The number of nitrogens with one attached hydrogen (secondary N) is 1. The van der Waals surface area contributed by atoms with Crippen molar-refractivity contribution in [1.29, 1.82) is 0 Å². The van der Waals surface area contributed by atoms with E-state index in [-0.39, 0.29) is 18.1 Å². The number of hydrogen-bond acceptors (Lipinski definition) is 3. The van der Waals surface area contributed by atoms with Gasteiger partial charge in [-0.15, -0.1) is 0 Å². The lowest BCUT2D eigenvalue weighted by atomic mass is 10.1. The summed E-state index contributed by atoms with van der Waals surface area (Å²) in [5.41, 5.74) is 1.68. The van der Waals surface area contributed by atoms with E-state index in [0.29, 0.717) is 18.0 Å². The molecule has 0 atom stereocenters. The van der Waals surface area contributed by atoms with Gasteiger partial charge >= 0.3 is 5.97 Å². The van der Waals surface area contributed by atoms with E-state index < -0.39 is 5.97 Å². The summed E-state index contributed by atoms with van der Waals surface area (Å²) in [5, 5.41) is 11.8. The Morgan fingerprint density at radius 2 is 1.90 bits per heavy atom. The van der Waals surface area contributed by atoms with Gasteiger partial charge < -0.3 is 14.8 Å². The monoisotopic (exact) mass is 307 g/mol. The van der Waals surface area contributed by atoms with Crippen LogP contribution in [0.25, 0.3) is 11.1 Å². The summed E-state index contributed by atoms with van der Waals surface area (Å²) < 4.78 is 5.23. The topological polar surface area (TPSA) is 79.5 Å². The van der Waals surface area contributed by atoms with Crippen LogP contribution in [0.4, 0.5) is 0 Å². The summed E-state index contributed by atoms with van der Waals surface area (Å²) in [6.07, 6.45) is 1.90. The van der Waals surface area contributed by atoms with Gasteiger partial charge in [-0.25, -0.2) is 0 Å². The van der Waals surface area contributed by atoms with Gasteiger partial charge in [0.05, 0.1) is 6.26 Å². The maximum Gasteiger partial charge on any atom is 0.303 e. The second kappa shape index (κ2) is 6.95. The molecule has 110 valence electrons. The van der Waals surface area contributed by atoms with Gasteiger partial charge in [0, 0.05) is 23.6 Å². The molecule has 0 fully saturated rings. The number of aliphatic carboxylic acids is 1. The maximum absolute atomic E-state index is 11.8. The number of rotatable bonds is 6. The molecule has 0 radical (unpaired) electrons. The first kappa shape index (κ1) is 15.1. The SMILES string of the molecule is O=C(O)CCCNC(=O)c1cc(-c2ccc(Cl)cc2)co1. The second-order valence-electron chi connectivity index (χ2n) is 4.46. The van der Waals surface area contributed by atoms with Crippen molar-refractivity contribution in [3.05, 3.63) is 47.4 Å². The number of carbonyl (C=O) groups is 2. The molecule has 5 nitrogen and oxygen atoms in total. The van der Waals surface area contributed by atoms with Crippen molar-refractivity contribution in [3.63, 3.8) is 0 Å². The molecular formula is C15H14ClNO4. The molecule has 1 amide bonds. The van der Waals surface area contributed by atoms with Crippen molar-refractivity contribution in [3.8, 4) is 11.1 Å². The summed E-state index contributed by atoms with van der Waals surface area (Å²) in [7, 11) is 0. The number of amides is 1. The molecule has 0 unspecified atom stereocenters. The highest BCUT2D eigenvalue weighted by atomic mass is 35.5. The lowest BCUT2D eigenvalue weighted by molar-refractivity contribution is -0.137. The summed E-state index contributed by atoms with van der Waals surface area (Å²) in [6, 6.07) is 8.82. The Kier molecular flexibility index (Phi) is 5.00. The predicted molar refractivity (Wildman–Crippen MR) is 78.4 cm³/mol. The minimum atomic E-state index is -0.882. The van der Waals surface area contributed by atoms with Crippen LogP contribution in [-0.2, 0) is 4.79 Å². The predicted octanol–water partition coefficient (Wildman–Crippen LogP) is 3.19. The van der Waals surface area contributed by atoms with Gasteiger partial charge in [0.2, 0.25) is 0 Å². The van der Waals surface area contributed by atoms with Gasteiger partial charge in [-0.05, 0) is 30.2 Å². The van der Waals surface area contributed by atoms with E-state index in [1.807, 2.05) is 12.1 Å². The summed E-state index contributed by atoms with van der Waals surface area (Å²) in [5.74, 6) is -1.05. The highest BCUT2D eigenvalue weighted by Gasteiger charge is 2.11. The third-order valence-corrected chi connectivity index (χ3v) is 3.11. The molecule has 0 saturated carbocycles. The van der Waals surface area contributed by atoms with E-state index >= 15 is 0 Å². The molecule has 2 rings (SSSR count). The van der Waals surface area contributed by atoms with Crippen LogP contribution in [0, 0.1) is 0 Å². The van der Waals surface area contributed by atoms with E-state index in [4.69, 9.17) is 21.1 Å². The van der Waals surface area contributed by atoms with Crippen LogP contribution in [0.3, 0.4) is 0 Å². The zero-order valence-corrected chi connectivity index (χ0v) is 11.9. The van der Waals surface area contributed by atoms with Crippen LogP contribution >= 0.6 is 11.6 Å². The van der Waals surface area contributed by atoms with E-state index in [0.717, 1.165) is 11.1 Å². The fraction of sp³-hybridized carbons (Fsp3) is 0.200. The maximum atomic E-state index is 11.8. The molecule has 6 heteroatoms. The normalized spacial score (nSPS) is 10.3. The van der Waals surface area contributed by atoms with E-state index in [1.54, 1.807) is 18.2 Å². The number of hydrogen-bond donors (Lipinski definition) is 2. The Balaban J connectivity index is 1.94. The Labute approximate surface area is 126 Å². The molecule has 2 aromatic rings. The quantitative estimate of drug-likeness (QED) is 0.803. The molecule has 2 N–H and O–H groups in total. The van der Waals surface area contributed by atoms with Crippen LogP contribution < -0.4 is 5.32 Å². The molecule has 0 aliphatic heterocycles. The molecule has 0 aliphatic rings. The Morgan fingerprint density at radius 1 is 1.19 bits per heavy atom. The Bertz CT molecular complexity index is 633. The minimum absolute atomic E-state index is 0.0223. The smallest absolute Gasteiger partial charge is 0.303 e. The van der Waals surface area contributed by atoms with E-state index in [9.17, 15) is 9.59 Å². The van der Waals surface area contributed by atoms with Crippen molar-refractivity contribution < 1.29 is 19.1 Å². The fourth-order valence-corrected chi connectivity index (χ4v) is 1.90. The van der Waals surface area contributed by atoms with Gasteiger partial charge in [-0.1, -0.05) is 23.7 Å². The average molecular weight is 308 g/mol. The lowest BCUT2D eigenvalue weighted by Crippen LogP contribution is -2.24. The number of carbonyl (C=O) groups excluding carboxylic acids is 1. The van der Waals surface area contributed by atoms with E-state index in [2.05, 4.69) is 5.32 Å². The number of halogens is 1. The number of furan rings is 1. The van der Waals surface area contributed by atoms with E-state index in [1.165, 1.54) is 6.26 Å². The van der Waals surface area contributed by atoms with Gasteiger partial charge in [0.1, 0.15) is 0 Å². The first-order valence-corrected chi connectivity index (χ1v) is 6.78. The zero-order chi connectivity index (χ0) is 15.2. The van der Waals surface area contributed by atoms with Crippen LogP contribution in [0.2, 0.25) is 5.02 Å². The Hall–Kier alpha value is -2.27. The van der Waals surface area contributed by atoms with Crippen LogP contribution in [0.5, 0.6) is 0 Å². The van der Waals surface area contributed by atoms with Crippen LogP contribution in [-0.4, -0.2) is 23.5 Å². The van der Waals surface area contributed by atoms with Crippen molar-refractivity contribution in [2.45, 2.75) is 12.8 Å². The van der Waals surface area contributed by atoms with Gasteiger partial charge in [0.15, 0.2) is 5.76 Å². The third-order valence-electron chi connectivity index (χ3n) is 2.85. The molecule has 0 spiro atoms. The van der Waals surface area contributed by atoms with Crippen molar-refractivity contribution >= 4 is 23.5 Å². The largest absolute Gasteiger partial charge is 0.481 e. The first-order valence-electron chi connectivity index (χ1n) is 6.41. The van der Waals surface area contributed by atoms with Gasteiger partial charge in [-0.3, -0.25) is 9.59 Å². The number of carboxylic acid groups (broad SMARTS) is 1. The molecular weight excluding hydrogens is 294 g/mol. The van der Waals surface area contributed by atoms with Crippen LogP contribution in [0.15, 0.2) is 41.0 Å². The zero-order valence-electron chi connectivity index (χ0n) is 11.1. The highest BCUT2D eigenvalue weighted by Crippen LogP contribution is 2.23. The molecule has 0 aliphatic carbocycles. The van der Waals surface area contributed by atoms with Crippen molar-refractivity contribution in [1.82, 2.24) is 5.32 Å². The number of carboxylic acids is 1. The van der Waals surface area contributed by atoms with Crippen LogP contribution in [0.1, 0.15) is 23.4 Å². The second-order valence-corrected chi connectivity index (χ2v) is 4.90. The molecule has 1 aromatic heterocycles. The van der Waals surface area contributed by atoms with Gasteiger partial charge in [0.25, 0.3) is 5.91 Å². The van der Waals surface area contributed by atoms with Gasteiger partial charge in [-0.2, -0.15) is 0 Å². The summed E-state index contributed by atoms with van der Waals surface area (Å²) in [6.45, 7) is 0.294. The molecule has 1 heterocycles. The average Bonchev–Trinajstić information content (AvgIpc) is 2.94. The highest BCUT2D eigenvalue weighted by molar-refractivity contribution is 6.30. The molecule has 0 bridgehead atoms. The first-order chi connectivity index (χ1) is 10.1. The van der Waals surface area contributed by atoms with Crippen molar-refractivity contribution in [2.75, 3.05) is 6.54 Å². The molecule has 21 heavy (non-hydrogen) atoms. The fourth-order valence-electron chi connectivity index (χ4n) is 1.78. The summed E-state index contributed by atoms with van der Waals surface area (Å²) >= 11 is 5.82. The standard InChI is InChI=1S/C15H14ClNO4/c16-12-5-3-10(4-6-12)11-8-13(21-9-11)15(20)17-7-1-2-14(18)19/h3-6,8-9H,1-2,7H2,(H,17,20)(H,18,19). The minimum Gasteiger partial charge on any atom is -0.481 e. The Morgan fingerprint density at radius 3 is 2.57 bits per heavy atom. The molecule has 1 aromatic carbocycles.